The zero-order valence-corrected chi connectivity index (χ0v) is 36.7. The Morgan fingerprint density at radius 2 is 0.712 bits per heavy atom. The molecular weight excluding hydrogens is 905 g/mol. The lowest BCUT2D eigenvalue weighted by molar-refractivity contribution is -0.130. The van der Waals surface area contributed by atoms with Gasteiger partial charge in [0.2, 0.25) is 0 Å². The van der Waals surface area contributed by atoms with Gasteiger partial charge in [0.25, 0.3) is 30.4 Å². The van der Waals surface area contributed by atoms with E-state index in [-0.39, 0.29) is 26.0 Å². The van der Waals surface area contributed by atoms with Gasteiger partial charge >= 0.3 is 5.97 Å². The zero-order valence-electron chi connectivity index (χ0n) is 34.3. The van der Waals surface area contributed by atoms with Crippen LogP contribution in [-0.2, 0) is 35.1 Å². The van der Waals surface area contributed by atoms with E-state index in [0.717, 1.165) is 0 Å². The summed E-state index contributed by atoms with van der Waals surface area (Å²) in [5.74, 6) is -0.309. The molecule has 4 aromatic carbocycles. The lowest BCUT2D eigenvalue weighted by atomic mass is 10.0. The maximum Gasteiger partial charge on any atom is 0.338 e. The molecule has 0 amide bonds. The third-order valence-electron chi connectivity index (χ3n) is 10.8. The van der Waals surface area contributed by atoms with Gasteiger partial charge in [0, 0.05) is 49.9 Å². The first-order valence-corrected chi connectivity index (χ1v) is 24.0. The second kappa shape index (κ2) is 16.4. The van der Waals surface area contributed by atoms with Crippen LogP contribution in [0.3, 0.4) is 0 Å². The van der Waals surface area contributed by atoms with Crippen LogP contribution in [0.25, 0.3) is 90.9 Å². The van der Waals surface area contributed by atoms with Crippen molar-refractivity contribution >= 4 is 82.7 Å². The van der Waals surface area contributed by atoms with E-state index in [0.29, 0.717) is 89.4 Å². The number of aromatic amines is 2. The van der Waals surface area contributed by atoms with Gasteiger partial charge in [0.15, 0.2) is 0 Å². The number of nitrogens with one attached hydrogen (secondary N) is 2. The van der Waals surface area contributed by atoms with Crippen LogP contribution in [0.15, 0.2) is 148 Å². The number of rotatable bonds is 9. The highest BCUT2D eigenvalue weighted by Crippen LogP contribution is 2.39. The Morgan fingerprint density at radius 1 is 0.455 bits per heavy atom. The summed E-state index contributed by atoms with van der Waals surface area (Å²) >= 11 is 0. The monoisotopic (exact) mass is 938 g/mol. The second-order valence-corrected chi connectivity index (χ2v) is 19.5. The van der Waals surface area contributed by atoms with E-state index in [9.17, 15) is 43.7 Å². The number of aromatic nitrogens is 4. The largest absolute Gasteiger partial charge is 0.423 e. The van der Waals surface area contributed by atoms with E-state index in [2.05, 4.69) is 16.5 Å². The Kier molecular flexibility index (Phi) is 10.9. The number of ether oxygens (including phenoxy) is 1. The van der Waals surface area contributed by atoms with Crippen molar-refractivity contribution < 1.29 is 48.4 Å². The molecule has 2 aliphatic rings. The van der Waals surface area contributed by atoms with Gasteiger partial charge in [-0.3, -0.25) is 13.7 Å². The summed E-state index contributed by atoms with van der Waals surface area (Å²) in [7, 11) is -13.6. The minimum atomic E-state index is -4.53. The van der Waals surface area contributed by atoms with Gasteiger partial charge in [-0.05, 0) is 126 Å². The molecule has 0 unspecified atom stereocenters. The number of esters is 1. The molecular formula is C48H34N4O11S3. The highest BCUT2D eigenvalue weighted by Gasteiger charge is 2.21. The van der Waals surface area contributed by atoms with Crippen molar-refractivity contribution in [3.8, 4) is 50.3 Å². The molecule has 0 atom stereocenters. The summed E-state index contributed by atoms with van der Waals surface area (Å²) in [5.41, 5.74) is 8.65. The van der Waals surface area contributed by atoms with Gasteiger partial charge in [-0.1, -0.05) is 55.1 Å². The van der Waals surface area contributed by atoms with Gasteiger partial charge in [-0.15, -0.1) is 0 Å². The minimum absolute atomic E-state index is 0.224. The molecule has 3 aromatic heterocycles. The third-order valence-corrected chi connectivity index (χ3v) is 13.4. The van der Waals surface area contributed by atoms with Crippen LogP contribution in [0, 0.1) is 0 Å². The van der Waals surface area contributed by atoms with Gasteiger partial charge in [-0.2, -0.15) is 25.3 Å². The zero-order chi connectivity index (χ0) is 46.7. The van der Waals surface area contributed by atoms with Crippen LogP contribution in [0.4, 0.5) is 0 Å². The summed E-state index contributed by atoms with van der Waals surface area (Å²) in [6.07, 6.45) is 7.14. The molecule has 7 aromatic rings. The van der Waals surface area contributed by atoms with Crippen LogP contribution in [0.1, 0.15) is 29.7 Å². The summed E-state index contributed by atoms with van der Waals surface area (Å²) in [4.78, 5) is 28.7. The highest BCUT2D eigenvalue weighted by atomic mass is 32.2. The van der Waals surface area contributed by atoms with E-state index in [1.54, 1.807) is 85.8 Å². The van der Waals surface area contributed by atoms with Crippen molar-refractivity contribution in [2.24, 2.45) is 0 Å². The molecule has 5 N–H and O–H groups in total. The van der Waals surface area contributed by atoms with Crippen LogP contribution >= 0.6 is 0 Å². The molecule has 18 heteroatoms. The predicted molar refractivity (Wildman–Crippen MR) is 250 cm³/mol. The van der Waals surface area contributed by atoms with Crippen molar-refractivity contribution in [3.05, 3.63) is 156 Å². The SMILES string of the molecule is C=C(C)C(=O)Oc1ccc(-c2c3nc(c(-c4ccc(S(=O)(=O)O)cc4)c4ccc([nH]4)c(-c4ccc(S(=O)(=O)O)cc4)c4nc(c(-c5ccc(S(=O)(=O)O)cc5)c5ccc2[nH]5)C=C4)C=C3)cc1. The Balaban J connectivity index is 1.41. The molecule has 2 aliphatic heterocycles. The summed E-state index contributed by atoms with van der Waals surface area (Å²) in [6, 6.07) is 30.9. The van der Waals surface area contributed by atoms with Gasteiger partial charge < -0.3 is 14.7 Å². The van der Waals surface area contributed by atoms with E-state index in [1.807, 2.05) is 18.2 Å². The molecule has 0 radical (unpaired) electrons. The fourth-order valence-electron chi connectivity index (χ4n) is 7.68. The Labute approximate surface area is 377 Å². The number of carbonyl (C=O) groups excluding carboxylic acids is 1. The first-order valence-electron chi connectivity index (χ1n) is 19.7. The normalized spacial score (nSPS) is 12.6. The van der Waals surface area contributed by atoms with Crippen molar-refractivity contribution in [2.75, 3.05) is 0 Å². The number of H-pyrrole nitrogens is 2. The van der Waals surface area contributed by atoms with Crippen LogP contribution in [-0.4, -0.2) is 64.8 Å². The highest BCUT2D eigenvalue weighted by molar-refractivity contribution is 7.86. The lowest BCUT2D eigenvalue weighted by Crippen LogP contribution is -2.07. The average molecular weight is 939 g/mol. The fraction of sp³-hybridized carbons (Fsp3) is 0.0208. The average Bonchev–Trinajstić information content (AvgIpc) is 4.12. The van der Waals surface area contributed by atoms with Crippen LogP contribution in [0.5, 0.6) is 5.75 Å². The first-order chi connectivity index (χ1) is 31.3. The van der Waals surface area contributed by atoms with Crippen LogP contribution < -0.4 is 4.74 Å². The van der Waals surface area contributed by atoms with Crippen LogP contribution in [0.2, 0.25) is 0 Å². The molecule has 8 bridgehead atoms. The van der Waals surface area contributed by atoms with Gasteiger partial charge in [-0.25, -0.2) is 14.8 Å². The van der Waals surface area contributed by atoms with E-state index < -0.39 is 36.3 Å². The van der Waals surface area contributed by atoms with E-state index in [1.165, 1.54) is 48.5 Å². The molecule has 66 heavy (non-hydrogen) atoms. The maximum atomic E-state index is 12.4. The molecule has 0 saturated heterocycles. The van der Waals surface area contributed by atoms with E-state index >= 15 is 0 Å². The number of hydrogen-bond donors (Lipinski definition) is 5. The van der Waals surface area contributed by atoms with Gasteiger partial charge in [0.05, 0.1) is 37.5 Å². The number of hydrogen-bond acceptors (Lipinski definition) is 10. The summed E-state index contributed by atoms with van der Waals surface area (Å²) in [5, 5.41) is 0. The quantitative estimate of drug-likeness (QED) is 0.0392. The fourth-order valence-corrected chi connectivity index (χ4v) is 9.12. The van der Waals surface area contributed by atoms with Crippen molar-refractivity contribution in [1.82, 2.24) is 19.9 Å². The maximum absolute atomic E-state index is 12.4. The second-order valence-electron chi connectivity index (χ2n) is 15.2. The molecule has 330 valence electrons. The van der Waals surface area contributed by atoms with Crippen molar-refractivity contribution in [3.63, 3.8) is 0 Å². The van der Waals surface area contributed by atoms with Gasteiger partial charge in [0.1, 0.15) is 5.75 Å². The molecule has 0 spiro atoms. The number of fused-ring (bicyclic) bond motifs is 8. The standard InChI is InChI=1S/C48H34N4O11S3/c1-27(2)48(53)63-32-11-3-28(4-12-32)44-36-19-21-38(49-36)45(29-5-13-33(14-6-29)64(54,55)56)40-23-25-42(51-40)47(31-9-17-35(18-10-31)66(60,61)62)43-26-24-41(52-43)46(39-22-20-37(44)50-39)30-7-15-34(16-8-30)65(57,58)59/h3-26,49,52H,1H2,2H3,(H,54,55,56)(H,57,58,59)(H,60,61,62). The molecule has 5 heterocycles. The number of nitrogens with zero attached hydrogens (tertiary/aromatic N) is 2. The molecule has 9 rings (SSSR count). The predicted octanol–water partition coefficient (Wildman–Crippen LogP) is 9.55. The Hall–Kier alpha value is -7.58. The minimum Gasteiger partial charge on any atom is -0.423 e. The first kappa shape index (κ1) is 43.7. The third kappa shape index (κ3) is 8.54. The number of carbonyl (C=O) groups is 1. The van der Waals surface area contributed by atoms with Crippen molar-refractivity contribution in [2.45, 2.75) is 21.6 Å². The molecule has 0 aliphatic carbocycles. The summed E-state index contributed by atoms with van der Waals surface area (Å²) < 4.78 is 107. The Morgan fingerprint density at radius 3 is 0.955 bits per heavy atom. The Bertz CT molecular complexity index is 3690. The molecule has 0 fully saturated rings. The molecule has 15 nitrogen and oxygen atoms in total. The summed E-state index contributed by atoms with van der Waals surface area (Å²) in [6.45, 7) is 5.19. The topological polar surface area (TPSA) is 247 Å². The molecule has 0 saturated carbocycles. The van der Waals surface area contributed by atoms with E-state index in [4.69, 9.17) is 14.7 Å². The lowest BCUT2D eigenvalue weighted by Gasteiger charge is -2.08. The smallest absolute Gasteiger partial charge is 0.338 e. The number of benzene rings is 4. The van der Waals surface area contributed by atoms with Crippen molar-refractivity contribution in [1.29, 1.82) is 0 Å².